The van der Waals surface area contributed by atoms with E-state index in [2.05, 4.69) is 5.32 Å². The minimum absolute atomic E-state index is 0.0972. The first-order valence-electron chi connectivity index (χ1n) is 8.29. The first kappa shape index (κ1) is 17.6. The molecule has 0 bridgehead atoms. The van der Waals surface area contributed by atoms with Crippen LogP contribution in [-0.2, 0) is 16.0 Å². The van der Waals surface area contributed by atoms with E-state index in [0.29, 0.717) is 31.7 Å². The van der Waals surface area contributed by atoms with Crippen LogP contribution in [0.3, 0.4) is 0 Å². The van der Waals surface area contributed by atoms with Crippen LogP contribution in [0.5, 0.6) is 0 Å². The van der Waals surface area contributed by atoms with E-state index >= 15 is 0 Å². The topological polar surface area (TPSA) is 53.9 Å². The summed E-state index contributed by atoms with van der Waals surface area (Å²) in [5.74, 6) is -0.274. The van der Waals surface area contributed by atoms with Gasteiger partial charge in [0.25, 0.3) is 5.91 Å². The normalized spacial score (nSPS) is 15.2. The molecule has 3 rings (SSSR count). The standard InChI is InChI=1S/C18H20FN3O2S/c19-14-3-5-15(6-4-14)20-17(23)13-21-7-9-22(10-8-21)18(24)12-16-2-1-11-25-16/h1-6,11H,7-10,12-13H2,(H,20,23)/p+1. The van der Waals surface area contributed by atoms with Crippen molar-refractivity contribution in [2.45, 2.75) is 6.42 Å². The molecule has 25 heavy (non-hydrogen) atoms. The van der Waals surface area contributed by atoms with E-state index in [4.69, 9.17) is 0 Å². The Labute approximate surface area is 150 Å². The van der Waals surface area contributed by atoms with E-state index < -0.39 is 0 Å². The Morgan fingerprint density at radius 2 is 1.88 bits per heavy atom. The van der Waals surface area contributed by atoms with Gasteiger partial charge in [0.05, 0.1) is 32.6 Å². The Morgan fingerprint density at radius 3 is 2.52 bits per heavy atom. The van der Waals surface area contributed by atoms with Crippen LogP contribution in [0.1, 0.15) is 4.88 Å². The fourth-order valence-electron chi connectivity index (χ4n) is 2.89. The van der Waals surface area contributed by atoms with Crippen LogP contribution < -0.4 is 10.2 Å². The summed E-state index contributed by atoms with van der Waals surface area (Å²) in [5, 5.41) is 4.75. The maximum atomic E-state index is 12.9. The van der Waals surface area contributed by atoms with Crippen molar-refractivity contribution in [1.82, 2.24) is 4.90 Å². The van der Waals surface area contributed by atoms with Crippen molar-refractivity contribution in [3.63, 3.8) is 0 Å². The zero-order chi connectivity index (χ0) is 17.6. The average molecular weight is 362 g/mol. The zero-order valence-corrected chi connectivity index (χ0v) is 14.7. The fourth-order valence-corrected chi connectivity index (χ4v) is 3.58. The molecule has 0 aliphatic carbocycles. The third-order valence-electron chi connectivity index (χ3n) is 4.27. The predicted octanol–water partition coefficient (Wildman–Crippen LogP) is 0.796. The molecule has 1 aliphatic heterocycles. The summed E-state index contributed by atoms with van der Waals surface area (Å²) in [5.41, 5.74) is 0.593. The van der Waals surface area contributed by atoms with Gasteiger partial charge in [0, 0.05) is 10.6 Å². The molecule has 0 saturated carbocycles. The second kappa shape index (κ2) is 8.22. The number of thiophene rings is 1. The molecule has 2 aromatic rings. The summed E-state index contributed by atoms with van der Waals surface area (Å²) < 4.78 is 12.9. The molecule has 0 spiro atoms. The molecule has 2 N–H and O–H groups in total. The van der Waals surface area contributed by atoms with Crippen LogP contribution in [0.25, 0.3) is 0 Å². The lowest BCUT2D eigenvalue weighted by Crippen LogP contribution is -3.15. The number of benzene rings is 1. The summed E-state index contributed by atoms with van der Waals surface area (Å²) in [6, 6.07) is 9.66. The molecule has 1 saturated heterocycles. The zero-order valence-electron chi connectivity index (χ0n) is 13.8. The molecular weight excluding hydrogens is 341 g/mol. The summed E-state index contributed by atoms with van der Waals surface area (Å²) in [7, 11) is 0. The smallest absolute Gasteiger partial charge is 0.279 e. The van der Waals surface area contributed by atoms with Crippen molar-refractivity contribution in [3.8, 4) is 0 Å². The number of nitrogens with zero attached hydrogens (tertiary/aromatic N) is 1. The molecule has 0 atom stereocenters. The average Bonchev–Trinajstić information content (AvgIpc) is 3.10. The number of quaternary nitrogens is 1. The third kappa shape index (κ3) is 5.11. The van der Waals surface area contributed by atoms with Crippen molar-refractivity contribution in [1.29, 1.82) is 0 Å². The van der Waals surface area contributed by atoms with Gasteiger partial charge in [0.1, 0.15) is 5.82 Å². The molecule has 2 amide bonds. The summed E-state index contributed by atoms with van der Waals surface area (Å²) in [6.07, 6.45) is 0.456. The summed E-state index contributed by atoms with van der Waals surface area (Å²) in [4.78, 5) is 28.5. The van der Waals surface area contributed by atoms with Gasteiger partial charge in [-0.25, -0.2) is 4.39 Å². The van der Waals surface area contributed by atoms with Crippen LogP contribution in [0.4, 0.5) is 10.1 Å². The van der Waals surface area contributed by atoms with Gasteiger partial charge in [-0.2, -0.15) is 0 Å². The lowest BCUT2D eigenvalue weighted by atomic mass is 10.2. The Hall–Kier alpha value is -2.25. The quantitative estimate of drug-likeness (QED) is 0.827. The van der Waals surface area contributed by atoms with Crippen LogP contribution in [-0.4, -0.2) is 49.4 Å². The molecular formula is C18H21FN3O2S+. The van der Waals surface area contributed by atoms with Crippen molar-refractivity contribution in [3.05, 3.63) is 52.5 Å². The van der Waals surface area contributed by atoms with Gasteiger partial charge in [-0.05, 0) is 35.7 Å². The van der Waals surface area contributed by atoms with E-state index in [1.165, 1.54) is 12.1 Å². The number of hydrogen-bond acceptors (Lipinski definition) is 3. The second-order valence-corrected chi connectivity index (χ2v) is 7.15. The van der Waals surface area contributed by atoms with Gasteiger partial charge in [-0.15, -0.1) is 11.3 Å². The molecule has 1 aliphatic rings. The lowest BCUT2D eigenvalue weighted by Gasteiger charge is -2.31. The number of carbonyl (C=O) groups excluding carboxylic acids is 2. The molecule has 1 aromatic heterocycles. The number of anilines is 1. The Morgan fingerprint density at radius 1 is 1.16 bits per heavy atom. The van der Waals surface area contributed by atoms with Crippen molar-refractivity contribution in [2.75, 3.05) is 38.0 Å². The van der Waals surface area contributed by atoms with E-state index in [1.54, 1.807) is 23.5 Å². The highest BCUT2D eigenvalue weighted by atomic mass is 32.1. The summed E-state index contributed by atoms with van der Waals surface area (Å²) >= 11 is 1.60. The molecule has 2 heterocycles. The third-order valence-corrected chi connectivity index (χ3v) is 5.14. The molecule has 132 valence electrons. The van der Waals surface area contributed by atoms with Crippen molar-refractivity contribution >= 4 is 28.8 Å². The van der Waals surface area contributed by atoms with E-state index in [1.807, 2.05) is 22.4 Å². The number of piperazine rings is 1. The molecule has 5 nitrogen and oxygen atoms in total. The number of nitrogens with one attached hydrogen (secondary N) is 2. The van der Waals surface area contributed by atoms with Crippen LogP contribution in [0.2, 0.25) is 0 Å². The van der Waals surface area contributed by atoms with Crippen LogP contribution in [0.15, 0.2) is 41.8 Å². The van der Waals surface area contributed by atoms with Gasteiger partial charge in [-0.1, -0.05) is 6.07 Å². The maximum absolute atomic E-state index is 12.9. The minimum Gasteiger partial charge on any atom is -0.331 e. The highest BCUT2D eigenvalue weighted by molar-refractivity contribution is 7.10. The molecule has 0 unspecified atom stereocenters. The first-order valence-corrected chi connectivity index (χ1v) is 9.17. The molecule has 0 radical (unpaired) electrons. The lowest BCUT2D eigenvalue weighted by molar-refractivity contribution is -0.895. The maximum Gasteiger partial charge on any atom is 0.279 e. The first-order chi connectivity index (χ1) is 12.1. The highest BCUT2D eigenvalue weighted by Gasteiger charge is 2.25. The highest BCUT2D eigenvalue weighted by Crippen LogP contribution is 2.11. The van der Waals surface area contributed by atoms with Crippen LogP contribution in [0, 0.1) is 5.82 Å². The van der Waals surface area contributed by atoms with E-state index in [9.17, 15) is 14.0 Å². The number of hydrogen-bond donors (Lipinski definition) is 2. The largest absolute Gasteiger partial charge is 0.331 e. The van der Waals surface area contributed by atoms with E-state index in [-0.39, 0.29) is 17.6 Å². The number of halogens is 1. The van der Waals surface area contributed by atoms with Gasteiger partial charge in [0.15, 0.2) is 6.54 Å². The van der Waals surface area contributed by atoms with Gasteiger partial charge in [0.2, 0.25) is 5.91 Å². The monoisotopic (exact) mass is 362 g/mol. The predicted molar refractivity (Wildman–Crippen MR) is 95.2 cm³/mol. The second-order valence-electron chi connectivity index (χ2n) is 6.12. The van der Waals surface area contributed by atoms with Gasteiger partial charge in [-0.3, -0.25) is 9.59 Å². The van der Waals surface area contributed by atoms with E-state index in [0.717, 1.165) is 22.9 Å². The van der Waals surface area contributed by atoms with Gasteiger partial charge >= 0.3 is 0 Å². The van der Waals surface area contributed by atoms with Crippen molar-refractivity contribution < 1.29 is 18.9 Å². The Bertz CT molecular complexity index is 710. The Balaban J connectivity index is 1.42. The molecule has 1 aromatic carbocycles. The minimum atomic E-state index is -0.327. The molecule has 7 heteroatoms. The number of carbonyl (C=O) groups is 2. The summed E-state index contributed by atoms with van der Waals surface area (Å²) in [6.45, 7) is 3.21. The van der Waals surface area contributed by atoms with Crippen LogP contribution >= 0.6 is 11.3 Å². The van der Waals surface area contributed by atoms with Crippen molar-refractivity contribution in [2.24, 2.45) is 0 Å². The molecule has 1 fully saturated rings. The Kier molecular flexibility index (Phi) is 5.78. The fraction of sp³-hybridized carbons (Fsp3) is 0.333. The SMILES string of the molecule is O=C(C[NH+]1CCN(C(=O)Cc2cccs2)CC1)Nc1ccc(F)cc1. The number of rotatable bonds is 5. The van der Waals surface area contributed by atoms with Gasteiger partial charge < -0.3 is 15.1 Å². The number of amides is 2.